The van der Waals surface area contributed by atoms with Gasteiger partial charge in [-0.05, 0) is 26.2 Å². The molecule has 0 radical (unpaired) electrons. The van der Waals surface area contributed by atoms with Gasteiger partial charge in [0.2, 0.25) is 5.91 Å². The van der Waals surface area contributed by atoms with Crippen molar-refractivity contribution in [2.75, 3.05) is 6.54 Å². The second kappa shape index (κ2) is 6.22. The van der Waals surface area contributed by atoms with E-state index in [1.54, 1.807) is 0 Å². The third kappa shape index (κ3) is 4.63. The quantitative estimate of drug-likeness (QED) is 0.747. The van der Waals surface area contributed by atoms with Crippen LogP contribution in [-0.4, -0.2) is 22.4 Å². The number of nitrogens with zero attached hydrogens (tertiary/aromatic N) is 1. The minimum atomic E-state index is 0.146. The van der Waals surface area contributed by atoms with E-state index in [2.05, 4.69) is 15.3 Å². The lowest BCUT2D eigenvalue weighted by atomic mass is 10.2. The summed E-state index contributed by atoms with van der Waals surface area (Å²) in [4.78, 5) is 18.5. The van der Waals surface area contributed by atoms with Crippen molar-refractivity contribution in [2.24, 2.45) is 0 Å². The molecule has 0 bridgehead atoms. The summed E-state index contributed by atoms with van der Waals surface area (Å²) in [6, 6.07) is 0. The molecule has 1 rings (SSSR count). The molecule has 4 nitrogen and oxygen atoms in total. The maximum atomic E-state index is 11.3. The van der Waals surface area contributed by atoms with Crippen LogP contribution < -0.4 is 5.32 Å². The van der Waals surface area contributed by atoms with Crippen molar-refractivity contribution >= 4 is 5.91 Å². The summed E-state index contributed by atoms with van der Waals surface area (Å²) in [5.41, 5.74) is 1.11. The van der Waals surface area contributed by atoms with Crippen molar-refractivity contribution in [1.29, 1.82) is 0 Å². The molecule has 0 aliphatic carbocycles. The number of rotatable bonds is 6. The van der Waals surface area contributed by atoms with E-state index in [9.17, 15) is 4.79 Å². The first-order valence-corrected chi connectivity index (χ1v) is 5.49. The predicted octanol–water partition coefficient (Wildman–Crippen LogP) is 1.57. The van der Waals surface area contributed by atoms with E-state index in [0.717, 1.165) is 37.3 Å². The number of hydrogen-bond acceptors (Lipinski definition) is 2. The van der Waals surface area contributed by atoms with Gasteiger partial charge in [0.1, 0.15) is 5.82 Å². The maximum absolute atomic E-state index is 11.3. The van der Waals surface area contributed by atoms with E-state index in [1.807, 2.05) is 20.0 Å². The molecule has 0 fully saturated rings. The van der Waals surface area contributed by atoms with E-state index in [-0.39, 0.29) is 5.91 Å². The predicted molar refractivity (Wildman–Crippen MR) is 59.6 cm³/mol. The summed E-state index contributed by atoms with van der Waals surface area (Å²) in [6.45, 7) is 4.76. The molecule has 1 amide bonds. The van der Waals surface area contributed by atoms with Crippen LogP contribution in [0.1, 0.15) is 37.7 Å². The molecular weight excluding hydrogens is 190 g/mol. The second-order valence-electron chi connectivity index (χ2n) is 3.70. The summed E-state index contributed by atoms with van der Waals surface area (Å²) < 4.78 is 0. The lowest BCUT2D eigenvalue weighted by Crippen LogP contribution is -2.23. The smallest absolute Gasteiger partial charge is 0.220 e. The van der Waals surface area contributed by atoms with Crippen LogP contribution in [0.3, 0.4) is 0 Å². The number of carbonyl (C=O) groups is 1. The summed E-state index contributed by atoms with van der Waals surface area (Å²) in [7, 11) is 0. The molecule has 0 aromatic carbocycles. The highest BCUT2D eigenvalue weighted by molar-refractivity contribution is 5.75. The molecule has 0 aliphatic rings. The Hall–Kier alpha value is -1.32. The molecular formula is C11H19N3O. The fourth-order valence-electron chi connectivity index (χ4n) is 1.39. The highest BCUT2D eigenvalue weighted by atomic mass is 16.1. The fourth-order valence-corrected chi connectivity index (χ4v) is 1.39. The van der Waals surface area contributed by atoms with Gasteiger partial charge >= 0.3 is 0 Å². The Morgan fingerprint density at radius 1 is 1.60 bits per heavy atom. The number of aryl methyl sites for hydroxylation is 2. The average molecular weight is 209 g/mol. The molecule has 0 unspecified atom stereocenters. The van der Waals surface area contributed by atoms with Crippen molar-refractivity contribution < 1.29 is 4.79 Å². The molecule has 1 aromatic rings. The molecule has 0 spiro atoms. The molecule has 1 aromatic heterocycles. The van der Waals surface area contributed by atoms with Gasteiger partial charge in [-0.3, -0.25) is 4.79 Å². The number of H-pyrrole nitrogens is 1. The van der Waals surface area contributed by atoms with Gasteiger partial charge in [-0.1, -0.05) is 6.92 Å². The first-order valence-electron chi connectivity index (χ1n) is 5.49. The van der Waals surface area contributed by atoms with Crippen LogP contribution in [0.5, 0.6) is 0 Å². The van der Waals surface area contributed by atoms with Crippen LogP contribution in [0.4, 0.5) is 0 Å². The van der Waals surface area contributed by atoms with Gasteiger partial charge in [0.15, 0.2) is 0 Å². The van der Waals surface area contributed by atoms with E-state index in [1.165, 1.54) is 0 Å². The first-order chi connectivity index (χ1) is 7.22. The van der Waals surface area contributed by atoms with E-state index in [0.29, 0.717) is 6.42 Å². The van der Waals surface area contributed by atoms with Crippen LogP contribution in [0.2, 0.25) is 0 Å². The van der Waals surface area contributed by atoms with Crippen molar-refractivity contribution in [2.45, 2.75) is 39.5 Å². The Balaban J connectivity index is 2.13. The monoisotopic (exact) mass is 209 g/mol. The molecule has 0 saturated carbocycles. The third-order valence-corrected chi connectivity index (χ3v) is 2.18. The molecule has 1 heterocycles. The standard InChI is InChI=1S/C11H19N3O/c1-3-7-12-11(15)6-4-5-10-8-13-9(2)14-10/h8H,3-7H2,1-2H3,(H,12,15)(H,13,14). The van der Waals surface area contributed by atoms with Gasteiger partial charge in [0.05, 0.1) is 0 Å². The van der Waals surface area contributed by atoms with E-state index < -0.39 is 0 Å². The number of nitrogens with one attached hydrogen (secondary N) is 2. The Labute approximate surface area is 90.5 Å². The molecule has 15 heavy (non-hydrogen) atoms. The average Bonchev–Trinajstić information content (AvgIpc) is 2.61. The normalized spacial score (nSPS) is 10.3. The number of imidazole rings is 1. The van der Waals surface area contributed by atoms with Gasteiger partial charge in [-0.15, -0.1) is 0 Å². The maximum Gasteiger partial charge on any atom is 0.220 e. The number of hydrogen-bond donors (Lipinski definition) is 2. The minimum absolute atomic E-state index is 0.146. The molecule has 0 atom stereocenters. The van der Waals surface area contributed by atoms with E-state index >= 15 is 0 Å². The van der Waals surface area contributed by atoms with Gasteiger partial charge in [-0.2, -0.15) is 0 Å². The highest BCUT2D eigenvalue weighted by Crippen LogP contribution is 2.02. The number of carbonyl (C=O) groups excluding carboxylic acids is 1. The van der Waals surface area contributed by atoms with Crippen LogP contribution in [-0.2, 0) is 11.2 Å². The highest BCUT2D eigenvalue weighted by Gasteiger charge is 2.01. The summed E-state index contributed by atoms with van der Waals surface area (Å²) >= 11 is 0. The Bertz CT molecular complexity index is 307. The third-order valence-electron chi connectivity index (χ3n) is 2.18. The van der Waals surface area contributed by atoms with Crippen molar-refractivity contribution in [3.63, 3.8) is 0 Å². The molecule has 0 aliphatic heterocycles. The van der Waals surface area contributed by atoms with Gasteiger partial charge in [-0.25, -0.2) is 4.98 Å². The van der Waals surface area contributed by atoms with Crippen molar-refractivity contribution in [3.05, 3.63) is 17.7 Å². The second-order valence-corrected chi connectivity index (χ2v) is 3.70. The first kappa shape index (κ1) is 11.8. The lowest BCUT2D eigenvalue weighted by Gasteiger charge is -2.02. The van der Waals surface area contributed by atoms with Gasteiger partial charge < -0.3 is 10.3 Å². The van der Waals surface area contributed by atoms with E-state index in [4.69, 9.17) is 0 Å². The molecule has 84 valence electrons. The largest absolute Gasteiger partial charge is 0.356 e. The number of aromatic amines is 1. The summed E-state index contributed by atoms with van der Waals surface area (Å²) in [6.07, 6.45) is 5.18. The van der Waals surface area contributed by atoms with Crippen LogP contribution in [0.15, 0.2) is 6.20 Å². The van der Waals surface area contributed by atoms with Crippen molar-refractivity contribution in [3.8, 4) is 0 Å². The minimum Gasteiger partial charge on any atom is -0.356 e. The Morgan fingerprint density at radius 2 is 2.40 bits per heavy atom. The molecule has 0 saturated heterocycles. The summed E-state index contributed by atoms with van der Waals surface area (Å²) in [5, 5.41) is 2.86. The number of aromatic nitrogens is 2. The fraction of sp³-hybridized carbons (Fsp3) is 0.636. The number of amides is 1. The van der Waals surface area contributed by atoms with Crippen LogP contribution >= 0.6 is 0 Å². The molecule has 2 N–H and O–H groups in total. The Morgan fingerprint density at radius 3 is 3.00 bits per heavy atom. The SMILES string of the molecule is CCCNC(=O)CCCc1cnc(C)[nH]1. The lowest BCUT2D eigenvalue weighted by molar-refractivity contribution is -0.121. The zero-order chi connectivity index (χ0) is 11.1. The zero-order valence-electron chi connectivity index (χ0n) is 9.47. The van der Waals surface area contributed by atoms with Gasteiger partial charge in [0, 0.05) is 24.9 Å². The van der Waals surface area contributed by atoms with Crippen LogP contribution in [0, 0.1) is 6.92 Å². The molecule has 4 heteroatoms. The van der Waals surface area contributed by atoms with Crippen molar-refractivity contribution in [1.82, 2.24) is 15.3 Å². The summed E-state index contributed by atoms with van der Waals surface area (Å²) in [5.74, 6) is 1.08. The topological polar surface area (TPSA) is 57.8 Å². The Kier molecular flexibility index (Phi) is 4.87. The zero-order valence-corrected chi connectivity index (χ0v) is 9.47. The van der Waals surface area contributed by atoms with Crippen LogP contribution in [0.25, 0.3) is 0 Å². The van der Waals surface area contributed by atoms with Gasteiger partial charge in [0.25, 0.3) is 0 Å².